The lowest BCUT2D eigenvalue weighted by Crippen LogP contribution is -2.35. The topological polar surface area (TPSA) is 82.6 Å². The van der Waals surface area contributed by atoms with Crippen LogP contribution in [0.3, 0.4) is 0 Å². The minimum Gasteiger partial charge on any atom is -0.483 e. The number of rotatable bonds is 4. The first kappa shape index (κ1) is 13.4. The van der Waals surface area contributed by atoms with Crippen LogP contribution in [0.15, 0.2) is 41.2 Å². The molecule has 0 unspecified atom stereocenters. The predicted molar refractivity (Wildman–Crippen MR) is 72.4 cm³/mol. The Morgan fingerprint density at radius 1 is 1.26 bits per heavy atom. The van der Waals surface area contributed by atoms with E-state index in [9.17, 15) is 14.8 Å². The van der Waals surface area contributed by atoms with Crippen molar-refractivity contribution in [3.05, 3.63) is 58.0 Å². The Morgan fingerprint density at radius 3 is 2.58 bits per heavy atom. The van der Waals surface area contributed by atoms with Crippen molar-refractivity contribution >= 4 is 12.6 Å². The number of aromatic amines is 1. The van der Waals surface area contributed by atoms with Crippen LogP contribution in [0.2, 0.25) is 0 Å². The van der Waals surface area contributed by atoms with Crippen molar-refractivity contribution in [2.75, 3.05) is 0 Å². The van der Waals surface area contributed by atoms with Crippen LogP contribution in [0.25, 0.3) is 0 Å². The van der Waals surface area contributed by atoms with Gasteiger partial charge in [0.2, 0.25) is 0 Å². The van der Waals surface area contributed by atoms with Gasteiger partial charge in [-0.1, -0.05) is 30.3 Å². The largest absolute Gasteiger partial charge is 0.490 e. The van der Waals surface area contributed by atoms with Gasteiger partial charge < -0.3 is 19.8 Å². The summed E-state index contributed by atoms with van der Waals surface area (Å²) in [6.07, 6.45) is 0. The average Bonchev–Trinajstić information content (AvgIpc) is 2.38. The Kier molecular flexibility index (Phi) is 4.04. The molecule has 2 aromatic rings. The number of hydrogen-bond donors (Lipinski definition) is 3. The maximum absolute atomic E-state index is 11.7. The third-order valence-electron chi connectivity index (χ3n) is 2.76. The highest BCUT2D eigenvalue weighted by atomic mass is 16.5. The molecule has 1 aromatic heterocycles. The van der Waals surface area contributed by atoms with Crippen LogP contribution in [0, 0.1) is 6.92 Å². The lowest BCUT2D eigenvalue weighted by Gasteiger charge is -2.09. The fraction of sp³-hybridized carbons (Fsp3) is 0.154. The first-order chi connectivity index (χ1) is 9.08. The summed E-state index contributed by atoms with van der Waals surface area (Å²) in [5, 5.41) is 18.4. The molecule has 1 aromatic carbocycles. The third-order valence-corrected chi connectivity index (χ3v) is 2.76. The molecule has 1 heterocycles. The van der Waals surface area contributed by atoms with Crippen molar-refractivity contribution in [1.82, 2.24) is 4.98 Å². The number of pyridine rings is 1. The lowest BCUT2D eigenvalue weighted by atomic mass is 9.79. The number of aromatic nitrogens is 1. The van der Waals surface area contributed by atoms with Crippen LogP contribution in [0.4, 0.5) is 0 Å². The van der Waals surface area contributed by atoms with E-state index in [1.54, 1.807) is 6.92 Å². The van der Waals surface area contributed by atoms with Crippen molar-refractivity contribution in [2.24, 2.45) is 0 Å². The van der Waals surface area contributed by atoms with E-state index in [-0.39, 0.29) is 17.8 Å². The van der Waals surface area contributed by atoms with Crippen LogP contribution in [-0.2, 0) is 6.61 Å². The zero-order chi connectivity index (χ0) is 13.8. The van der Waals surface area contributed by atoms with E-state index >= 15 is 0 Å². The molecule has 5 nitrogen and oxygen atoms in total. The van der Waals surface area contributed by atoms with Gasteiger partial charge in [0.1, 0.15) is 6.61 Å². The highest BCUT2D eigenvalue weighted by Crippen LogP contribution is 2.06. The first-order valence-electron chi connectivity index (χ1n) is 5.84. The summed E-state index contributed by atoms with van der Waals surface area (Å²) < 4.78 is 5.40. The quantitative estimate of drug-likeness (QED) is 0.672. The van der Waals surface area contributed by atoms with Crippen LogP contribution in [-0.4, -0.2) is 22.2 Å². The second-order valence-electron chi connectivity index (χ2n) is 4.19. The second-order valence-corrected chi connectivity index (χ2v) is 4.19. The number of aryl methyl sites for hydroxylation is 1. The summed E-state index contributed by atoms with van der Waals surface area (Å²) >= 11 is 0. The van der Waals surface area contributed by atoms with Gasteiger partial charge in [-0.05, 0) is 18.6 Å². The van der Waals surface area contributed by atoms with Crippen molar-refractivity contribution in [2.45, 2.75) is 13.5 Å². The molecule has 2 rings (SSSR count). The minimum absolute atomic E-state index is 0.0672. The Morgan fingerprint density at radius 2 is 1.95 bits per heavy atom. The molecule has 0 saturated carbocycles. The van der Waals surface area contributed by atoms with Gasteiger partial charge in [-0.25, -0.2) is 0 Å². The molecule has 0 bridgehead atoms. The van der Waals surface area contributed by atoms with Gasteiger partial charge in [0.15, 0.2) is 5.75 Å². The molecule has 98 valence electrons. The summed E-state index contributed by atoms with van der Waals surface area (Å²) in [7, 11) is -1.64. The third kappa shape index (κ3) is 3.24. The predicted octanol–water partition coefficient (Wildman–Crippen LogP) is -0.0579. The van der Waals surface area contributed by atoms with Gasteiger partial charge in [0.25, 0.3) is 5.56 Å². The standard InChI is InChI=1S/C13H14BNO4/c1-9-11(14(17)18)7-12(13(16)15-9)19-8-10-5-3-2-4-6-10/h2-7,17-18H,8H2,1H3,(H,15,16). The van der Waals surface area contributed by atoms with Crippen molar-refractivity contribution in [3.63, 3.8) is 0 Å². The SMILES string of the molecule is Cc1[nH]c(=O)c(OCc2ccccc2)cc1B(O)O. The summed E-state index contributed by atoms with van der Waals surface area (Å²) in [5.74, 6) is 0.0672. The molecule has 19 heavy (non-hydrogen) atoms. The summed E-state index contributed by atoms with van der Waals surface area (Å²) in [5.41, 5.74) is 1.17. The zero-order valence-corrected chi connectivity index (χ0v) is 10.5. The Balaban J connectivity index is 2.21. The summed E-state index contributed by atoms with van der Waals surface area (Å²) in [6, 6.07) is 10.8. The molecular formula is C13H14BNO4. The summed E-state index contributed by atoms with van der Waals surface area (Å²) in [4.78, 5) is 14.2. The number of benzene rings is 1. The molecule has 0 aliphatic heterocycles. The Bertz CT molecular complexity index is 610. The van der Waals surface area contributed by atoms with Crippen molar-refractivity contribution < 1.29 is 14.8 Å². The van der Waals surface area contributed by atoms with E-state index < -0.39 is 12.7 Å². The zero-order valence-electron chi connectivity index (χ0n) is 10.5. The van der Waals surface area contributed by atoms with Crippen LogP contribution < -0.4 is 15.8 Å². The first-order valence-corrected chi connectivity index (χ1v) is 5.84. The van der Waals surface area contributed by atoms with Gasteiger partial charge >= 0.3 is 7.12 Å². The van der Waals surface area contributed by atoms with Crippen molar-refractivity contribution in [3.8, 4) is 5.75 Å². The molecule has 0 aliphatic rings. The molecule has 0 spiro atoms. The van der Waals surface area contributed by atoms with Crippen LogP contribution >= 0.6 is 0 Å². The lowest BCUT2D eigenvalue weighted by molar-refractivity contribution is 0.301. The molecule has 6 heteroatoms. The highest BCUT2D eigenvalue weighted by Gasteiger charge is 2.17. The fourth-order valence-corrected chi connectivity index (χ4v) is 1.73. The van der Waals surface area contributed by atoms with E-state index in [2.05, 4.69) is 4.98 Å². The Hall–Kier alpha value is -2.05. The van der Waals surface area contributed by atoms with Gasteiger partial charge in [0.05, 0.1) is 0 Å². The molecule has 0 saturated heterocycles. The molecule has 0 fully saturated rings. The van der Waals surface area contributed by atoms with E-state index in [1.807, 2.05) is 30.3 Å². The Labute approximate surface area is 110 Å². The normalized spacial score (nSPS) is 10.3. The van der Waals surface area contributed by atoms with Crippen LogP contribution in [0.1, 0.15) is 11.3 Å². The van der Waals surface area contributed by atoms with E-state index in [0.717, 1.165) is 5.56 Å². The maximum atomic E-state index is 11.7. The van der Waals surface area contributed by atoms with Gasteiger partial charge in [0, 0.05) is 11.2 Å². The summed E-state index contributed by atoms with van der Waals surface area (Å²) in [6.45, 7) is 1.84. The van der Waals surface area contributed by atoms with Crippen molar-refractivity contribution in [1.29, 1.82) is 0 Å². The number of nitrogens with one attached hydrogen (secondary N) is 1. The monoisotopic (exact) mass is 259 g/mol. The minimum atomic E-state index is -1.64. The van der Waals surface area contributed by atoms with Gasteiger partial charge in [-0.2, -0.15) is 0 Å². The molecule has 0 amide bonds. The van der Waals surface area contributed by atoms with E-state index in [0.29, 0.717) is 5.69 Å². The number of ether oxygens (including phenoxy) is 1. The van der Waals surface area contributed by atoms with Crippen LogP contribution in [0.5, 0.6) is 5.75 Å². The second kappa shape index (κ2) is 5.73. The molecule has 3 N–H and O–H groups in total. The molecule has 0 radical (unpaired) electrons. The smallest absolute Gasteiger partial charge is 0.483 e. The van der Waals surface area contributed by atoms with Gasteiger partial charge in [-0.3, -0.25) is 4.79 Å². The van der Waals surface area contributed by atoms with E-state index in [1.165, 1.54) is 6.07 Å². The highest BCUT2D eigenvalue weighted by molar-refractivity contribution is 6.59. The average molecular weight is 259 g/mol. The molecule has 0 aliphatic carbocycles. The van der Waals surface area contributed by atoms with Gasteiger partial charge in [-0.15, -0.1) is 0 Å². The number of hydrogen-bond acceptors (Lipinski definition) is 4. The fourth-order valence-electron chi connectivity index (χ4n) is 1.73. The molecular weight excluding hydrogens is 245 g/mol. The maximum Gasteiger partial charge on any atom is 0.490 e. The molecule has 0 atom stereocenters. The van der Waals surface area contributed by atoms with E-state index in [4.69, 9.17) is 4.74 Å². The number of H-pyrrole nitrogens is 1.